The SMILES string of the molecule is Cc1ccc(C(=O)Nc2nccs2)cc1Nc1ccc2c(c1)CC(C)(C)C2=O. The van der Waals surface area contributed by atoms with Gasteiger partial charge in [0.1, 0.15) is 0 Å². The molecule has 28 heavy (non-hydrogen) atoms. The van der Waals surface area contributed by atoms with Crippen LogP contribution in [-0.4, -0.2) is 16.7 Å². The van der Waals surface area contributed by atoms with Gasteiger partial charge in [-0.05, 0) is 54.8 Å². The van der Waals surface area contributed by atoms with E-state index in [1.54, 1.807) is 12.3 Å². The minimum atomic E-state index is -0.343. The molecule has 3 aromatic rings. The summed E-state index contributed by atoms with van der Waals surface area (Å²) >= 11 is 1.38. The van der Waals surface area contributed by atoms with Crippen molar-refractivity contribution in [3.05, 3.63) is 70.2 Å². The Morgan fingerprint density at radius 3 is 2.75 bits per heavy atom. The van der Waals surface area contributed by atoms with Gasteiger partial charge in [-0.2, -0.15) is 0 Å². The molecular formula is C22H21N3O2S. The van der Waals surface area contributed by atoms with E-state index in [0.717, 1.165) is 34.5 Å². The van der Waals surface area contributed by atoms with E-state index in [1.165, 1.54) is 11.3 Å². The maximum absolute atomic E-state index is 12.5. The van der Waals surface area contributed by atoms with Crippen molar-refractivity contribution >= 4 is 39.5 Å². The second kappa shape index (κ2) is 6.87. The first-order valence-electron chi connectivity index (χ1n) is 9.10. The van der Waals surface area contributed by atoms with Gasteiger partial charge in [0.25, 0.3) is 5.91 Å². The molecule has 1 heterocycles. The summed E-state index contributed by atoms with van der Waals surface area (Å²) in [6.07, 6.45) is 2.40. The number of carbonyl (C=O) groups excluding carboxylic acids is 2. The second-order valence-electron chi connectivity index (χ2n) is 7.71. The van der Waals surface area contributed by atoms with Gasteiger partial charge in [0.2, 0.25) is 0 Å². The molecule has 2 N–H and O–H groups in total. The molecule has 0 saturated heterocycles. The smallest absolute Gasteiger partial charge is 0.257 e. The number of carbonyl (C=O) groups is 2. The number of hydrogen-bond donors (Lipinski definition) is 2. The van der Waals surface area contributed by atoms with Gasteiger partial charge in [0.05, 0.1) is 0 Å². The van der Waals surface area contributed by atoms with Crippen molar-refractivity contribution < 1.29 is 9.59 Å². The summed E-state index contributed by atoms with van der Waals surface area (Å²) in [6.45, 7) is 5.96. The number of ketones is 1. The van der Waals surface area contributed by atoms with E-state index in [1.807, 2.05) is 56.5 Å². The van der Waals surface area contributed by atoms with E-state index in [0.29, 0.717) is 10.7 Å². The monoisotopic (exact) mass is 391 g/mol. The van der Waals surface area contributed by atoms with Gasteiger partial charge in [-0.3, -0.25) is 14.9 Å². The largest absolute Gasteiger partial charge is 0.355 e. The number of rotatable bonds is 4. The Balaban J connectivity index is 1.57. The van der Waals surface area contributed by atoms with Crippen LogP contribution in [0.4, 0.5) is 16.5 Å². The highest BCUT2D eigenvalue weighted by molar-refractivity contribution is 7.13. The lowest BCUT2D eigenvalue weighted by molar-refractivity contribution is 0.0863. The molecule has 1 aromatic heterocycles. The van der Waals surface area contributed by atoms with E-state index < -0.39 is 0 Å². The van der Waals surface area contributed by atoms with Gasteiger partial charge >= 0.3 is 0 Å². The van der Waals surface area contributed by atoms with Gasteiger partial charge in [-0.1, -0.05) is 19.9 Å². The van der Waals surface area contributed by atoms with Crippen LogP contribution in [0.3, 0.4) is 0 Å². The van der Waals surface area contributed by atoms with Gasteiger partial charge in [-0.25, -0.2) is 4.98 Å². The molecule has 1 aliphatic rings. The molecular weight excluding hydrogens is 370 g/mol. The van der Waals surface area contributed by atoms with Crippen LogP contribution in [0.1, 0.15) is 45.7 Å². The first-order chi connectivity index (χ1) is 13.3. The molecule has 5 nitrogen and oxygen atoms in total. The van der Waals surface area contributed by atoms with Crippen molar-refractivity contribution in [1.82, 2.24) is 4.98 Å². The second-order valence-corrected chi connectivity index (χ2v) is 8.60. The number of nitrogens with one attached hydrogen (secondary N) is 2. The van der Waals surface area contributed by atoms with Crippen molar-refractivity contribution in [3.63, 3.8) is 0 Å². The van der Waals surface area contributed by atoms with Crippen LogP contribution < -0.4 is 10.6 Å². The van der Waals surface area contributed by atoms with Crippen molar-refractivity contribution in [1.29, 1.82) is 0 Å². The summed E-state index contributed by atoms with van der Waals surface area (Å²) in [4.78, 5) is 29.0. The lowest BCUT2D eigenvalue weighted by atomic mass is 9.89. The standard InChI is InChI=1S/C22H21N3O2S/c1-13-4-5-14(20(27)25-21-23-8-9-28-21)11-18(13)24-16-6-7-17-15(10-16)12-22(2,3)19(17)26/h4-11,24H,12H2,1-3H3,(H,23,25,27). The fourth-order valence-electron chi connectivity index (χ4n) is 3.47. The Labute approximate surface area is 167 Å². The summed E-state index contributed by atoms with van der Waals surface area (Å²) < 4.78 is 0. The molecule has 1 aliphatic carbocycles. The average Bonchev–Trinajstić information content (AvgIpc) is 3.23. The average molecular weight is 391 g/mol. The zero-order chi connectivity index (χ0) is 19.9. The van der Waals surface area contributed by atoms with Crippen LogP contribution in [0.5, 0.6) is 0 Å². The molecule has 6 heteroatoms. The molecule has 2 aromatic carbocycles. The number of amides is 1. The summed E-state index contributed by atoms with van der Waals surface area (Å²) in [6, 6.07) is 11.4. The normalized spacial score (nSPS) is 14.6. The van der Waals surface area contributed by atoms with Gasteiger partial charge < -0.3 is 5.32 Å². The first-order valence-corrected chi connectivity index (χ1v) is 9.98. The van der Waals surface area contributed by atoms with Crippen LogP contribution in [0.2, 0.25) is 0 Å². The highest BCUT2D eigenvalue weighted by atomic mass is 32.1. The van der Waals surface area contributed by atoms with Gasteiger partial charge in [0, 0.05) is 39.5 Å². The van der Waals surface area contributed by atoms with Crippen molar-refractivity contribution in [2.75, 3.05) is 10.6 Å². The van der Waals surface area contributed by atoms with Crippen LogP contribution >= 0.6 is 11.3 Å². The summed E-state index contributed by atoms with van der Waals surface area (Å²) in [5, 5.41) is 8.59. The van der Waals surface area contributed by atoms with Gasteiger partial charge in [-0.15, -0.1) is 11.3 Å². The van der Waals surface area contributed by atoms with Crippen LogP contribution in [0.25, 0.3) is 0 Å². The number of aromatic nitrogens is 1. The fraction of sp³-hybridized carbons (Fsp3) is 0.227. The predicted molar refractivity (Wildman–Crippen MR) is 113 cm³/mol. The highest BCUT2D eigenvalue weighted by Gasteiger charge is 2.37. The minimum absolute atomic E-state index is 0.195. The predicted octanol–water partition coefficient (Wildman–Crippen LogP) is 5.21. The Morgan fingerprint density at radius 2 is 2.00 bits per heavy atom. The quantitative estimate of drug-likeness (QED) is 0.640. The van der Waals surface area contributed by atoms with Crippen molar-refractivity contribution in [2.45, 2.75) is 27.2 Å². The third-order valence-corrected chi connectivity index (χ3v) is 5.72. The molecule has 0 radical (unpaired) electrons. The van der Waals surface area contributed by atoms with Crippen LogP contribution in [0, 0.1) is 12.3 Å². The zero-order valence-electron chi connectivity index (χ0n) is 16.0. The van der Waals surface area contributed by atoms with Gasteiger partial charge in [0.15, 0.2) is 10.9 Å². The summed E-state index contributed by atoms with van der Waals surface area (Å²) in [5.74, 6) is 0.00499. The Hall–Kier alpha value is -2.99. The van der Waals surface area contributed by atoms with Crippen LogP contribution in [0.15, 0.2) is 48.0 Å². The van der Waals surface area contributed by atoms with E-state index in [2.05, 4.69) is 15.6 Å². The Bertz CT molecular complexity index is 1070. The molecule has 0 unspecified atom stereocenters. The maximum Gasteiger partial charge on any atom is 0.257 e. The third-order valence-electron chi connectivity index (χ3n) is 5.03. The zero-order valence-corrected chi connectivity index (χ0v) is 16.8. The molecule has 4 rings (SSSR count). The third kappa shape index (κ3) is 3.43. The number of thiazole rings is 1. The molecule has 0 aliphatic heterocycles. The van der Waals surface area contributed by atoms with Crippen LogP contribution in [-0.2, 0) is 6.42 Å². The number of nitrogens with zero attached hydrogens (tertiary/aromatic N) is 1. The molecule has 0 bridgehead atoms. The molecule has 0 spiro atoms. The molecule has 142 valence electrons. The van der Waals surface area contributed by atoms with Crippen molar-refractivity contribution in [2.24, 2.45) is 5.41 Å². The van der Waals surface area contributed by atoms with E-state index in [9.17, 15) is 9.59 Å². The van der Waals surface area contributed by atoms with E-state index >= 15 is 0 Å². The Morgan fingerprint density at radius 1 is 1.18 bits per heavy atom. The number of aryl methyl sites for hydroxylation is 1. The topological polar surface area (TPSA) is 71.1 Å². The maximum atomic E-state index is 12.5. The molecule has 1 amide bonds. The number of benzene rings is 2. The summed E-state index contributed by atoms with van der Waals surface area (Å²) in [7, 11) is 0. The minimum Gasteiger partial charge on any atom is -0.355 e. The first kappa shape index (κ1) is 18.4. The lowest BCUT2D eigenvalue weighted by Crippen LogP contribution is -2.18. The number of Topliss-reactive ketones (excluding diaryl/α,β-unsaturated/α-hetero) is 1. The number of anilines is 3. The molecule has 0 saturated carbocycles. The lowest BCUT2D eigenvalue weighted by Gasteiger charge is -2.13. The van der Waals surface area contributed by atoms with E-state index in [-0.39, 0.29) is 17.1 Å². The fourth-order valence-corrected chi connectivity index (χ4v) is 3.99. The number of hydrogen-bond acceptors (Lipinski definition) is 5. The summed E-state index contributed by atoms with van der Waals surface area (Å²) in [5.41, 5.74) is 4.88. The molecule has 0 fully saturated rings. The number of fused-ring (bicyclic) bond motifs is 1. The highest BCUT2D eigenvalue weighted by Crippen LogP contribution is 2.37. The van der Waals surface area contributed by atoms with E-state index in [4.69, 9.17) is 0 Å². The Kier molecular flexibility index (Phi) is 4.51. The molecule has 0 atom stereocenters. The van der Waals surface area contributed by atoms with Crippen molar-refractivity contribution in [3.8, 4) is 0 Å².